The normalized spacial score (nSPS) is 12.3. The Kier molecular flexibility index (Phi) is 6.45. The Labute approximate surface area is 134 Å². The number of amides is 2. The Balaban J connectivity index is 2.89. The molecule has 0 saturated heterocycles. The van der Waals surface area contributed by atoms with Crippen molar-refractivity contribution in [2.45, 2.75) is 38.9 Å². The summed E-state index contributed by atoms with van der Waals surface area (Å²) < 4.78 is 0. The van der Waals surface area contributed by atoms with Gasteiger partial charge in [-0.15, -0.1) is 0 Å². The third kappa shape index (κ3) is 5.19. The Hall–Kier alpha value is -1.30. The fourth-order valence-corrected chi connectivity index (χ4v) is 2.19. The third-order valence-corrected chi connectivity index (χ3v) is 3.72. The molecule has 0 radical (unpaired) electrons. The van der Waals surface area contributed by atoms with Crippen molar-refractivity contribution in [1.29, 1.82) is 0 Å². The van der Waals surface area contributed by atoms with E-state index in [1.165, 1.54) is 0 Å². The largest absolute Gasteiger partial charge is 0.370 e. The zero-order valence-corrected chi connectivity index (χ0v) is 13.5. The third-order valence-electron chi connectivity index (χ3n) is 2.98. The van der Waals surface area contributed by atoms with Crippen molar-refractivity contribution in [2.24, 2.45) is 11.5 Å². The van der Waals surface area contributed by atoms with Gasteiger partial charge >= 0.3 is 0 Å². The number of carbonyl (C=O) groups excluding carboxylic acids is 2. The predicted octanol–water partition coefficient (Wildman–Crippen LogP) is 1.93. The summed E-state index contributed by atoms with van der Waals surface area (Å²) in [6.45, 7) is 4.07. The molecule has 0 heterocycles. The van der Waals surface area contributed by atoms with Crippen LogP contribution in [0.2, 0.25) is 10.0 Å². The van der Waals surface area contributed by atoms with E-state index >= 15 is 0 Å². The molecule has 1 atom stereocenters. The number of hydrogen-bond acceptors (Lipinski definition) is 3. The van der Waals surface area contributed by atoms with Crippen LogP contribution in [0.4, 0.5) is 0 Å². The lowest BCUT2D eigenvalue weighted by molar-refractivity contribution is -0.136. The van der Waals surface area contributed by atoms with E-state index in [1.54, 1.807) is 23.1 Å². The number of hydrogen-bond donors (Lipinski definition) is 2. The summed E-state index contributed by atoms with van der Waals surface area (Å²) in [5.74, 6) is -0.927. The van der Waals surface area contributed by atoms with Gasteiger partial charge in [-0.3, -0.25) is 9.59 Å². The van der Waals surface area contributed by atoms with Gasteiger partial charge in [-0.1, -0.05) is 29.3 Å². The van der Waals surface area contributed by atoms with Gasteiger partial charge < -0.3 is 16.4 Å². The minimum Gasteiger partial charge on any atom is -0.370 e. The van der Waals surface area contributed by atoms with Crippen LogP contribution in [-0.4, -0.2) is 28.8 Å². The van der Waals surface area contributed by atoms with E-state index in [0.29, 0.717) is 16.6 Å². The van der Waals surface area contributed by atoms with Gasteiger partial charge in [-0.2, -0.15) is 0 Å². The van der Waals surface area contributed by atoms with Crippen molar-refractivity contribution in [2.75, 3.05) is 0 Å². The molecule has 5 nitrogen and oxygen atoms in total. The molecule has 1 rings (SSSR count). The highest BCUT2D eigenvalue weighted by molar-refractivity contribution is 6.42. The molecule has 4 N–H and O–H groups in total. The average Bonchev–Trinajstić information content (AvgIpc) is 2.38. The summed E-state index contributed by atoms with van der Waals surface area (Å²) in [4.78, 5) is 24.8. The van der Waals surface area contributed by atoms with E-state index < -0.39 is 11.9 Å². The van der Waals surface area contributed by atoms with Gasteiger partial charge in [0.25, 0.3) is 0 Å². The Bertz CT molecular complexity index is 535. The standard InChI is InChI=1S/C14H19Cl2N3O2/c1-8(2)19(14(21)12(17)6-13(18)20)7-9-3-4-10(15)11(16)5-9/h3-5,8,12H,6-7,17H2,1-2H3,(H2,18,20). The maximum absolute atomic E-state index is 12.3. The summed E-state index contributed by atoms with van der Waals surface area (Å²) in [7, 11) is 0. The highest BCUT2D eigenvalue weighted by Gasteiger charge is 2.24. The Morgan fingerprint density at radius 2 is 1.86 bits per heavy atom. The van der Waals surface area contributed by atoms with Gasteiger partial charge in [0, 0.05) is 12.6 Å². The molecule has 1 aromatic carbocycles. The maximum atomic E-state index is 12.3. The number of benzene rings is 1. The fourth-order valence-electron chi connectivity index (χ4n) is 1.87. The van der Waals surface area contributed by atoms with Crippen LogP contribution in [0.3, 0.4) is 0 Å². The van der Waals surface area contributed by atoms with Crippen LogP contribution in [0.1, 0.15) is 25.8 Å². The van der Waals surface area contributed by atoms with Gasteiger partial charge in [0.05, 0.1) is 22.5 Å². The average molecular weight is 332 g/mol. The second-order valence-corrected chi connectivity index (χ2v) is 5.90. The molecule has 0 aliphatic heterocycles. The lowest BCUT2D eigenvalue weighted by atomic mass is 10.1. The van der Waals surface area contributed by atoms with Gasteiger partial charge in [-0.25, -0.2) is 0 Å². The summed E-state index contributed by atoms with van der Waals surface area (Å²) in [5.41, 5.74) is 11.6. The monoisotopic (exact) mass is 331 g/mol. The highest BCUT2D eigenvalue weighted by Crippen LogP contribution is 2.23. The van der Waals surface area contributed by atoms with Crippen LogP contribution in [0.25, 0.3) is 0 Å². The highest BCUT2D eigenvalue weighted by atomic mass is 35.5. The number of primary amides is 1. The van der Waals surface area contributed by atoms with Crippen LogP contribution in [0.15, 0.2) is 18.2 Å². The lowest BCUT2D eigenvalue weighted by Gasteiger charge is -2.29. The first-order valence-electron chi connectivity index (χ1n) is 6.50. The molecule has 116 valence electrons. The maximum Gasteiger partial charge on any atom is 0.240 e. The molecule has 2 amide bonds. The number of nitrogens with zero attached hydrogens (tertiary/aromatic N) is 1. The second-order valence-electron chi connectivity index (χ2n) is 5.09. The van der Waals surface area contributed by atoms with E-state index in [4.69, 9.17) is 34.7 Å². The van der Waals surface area contributed by atoms with E-state index in [-0.39, 0.29) is 18.4 Å². The summed E-state index contributed by atoms with van der Waals surface area (Å²) in [6.07, 6.45) is -0.177. The molecule has 0 spiro atoms. The van der Waals surface area contributed by atoms with Gasteiger partial charge in [0.1, 0.15) is 0 Å². The topological polar surface area (TPSA) is 89.4 Å². The Morgan fingerprint density at radius 3 is 2.33 bits per heavy atom. The number of carbonyl (C=O) groups is 2. The molecule has 0 fully saturated rings. The molecule has 7 heteroatoms. The molecular weight excluding hydrogens is 313 g/mol. The van der Waals surface area contributed by atoms with Crippen molar-refractivity contribution in [1.82, 2.24) is 4.90 Å². The molecule has 0 bridgehead atoms. The number of halogens is 2. The molecule has 0 aliphatic rings. The summed E-state index contributed by atoms with van der Waals surface area (Å²) in [5, 5.41) is 0.875. The van der Waals surface area contributed by atoms with Crippen molar-refractivity contribution in [3.8, 4) is 0 Å². The quantitative estimate of drug-likeness (QED) is 0.834. The van der Waals surface area contributed by atoms with E-state index in [1.807, 2.05) is 13.8 Å². The fraction of sp³-hybridized carbons (Fsp3) is 0.429. The van der Waals surface area contributed by atoms with E-state index in [0.717, 1.165) is 5.56 Å². The molecular formula is C14H19Cl2N3O2. The van der Waals surface area contributed by atoms with Crippen molar-refractivity contribution in [3.63, 3.8) is 0 Å². The van der Waals surface area contributed by atoms with Gasteiger partial charge in [0.15, 0.2) is 0 Å². The van der Waals surface area contributed by atoms with Gasteiger partial charge in [0.2, 0.25) is 11.8 Å². The first-order chi connectivity index (χ1) is 9.72. The molecule has 0 aliphatic carbocycles. The lowest BCUT2D eigenvalue weighted by Crippen LogP contribution is -2.47. The van der Waals surface area contributed by atoms with E-state index in [9.17, 15) is 9.59 Å². The SMILES string of the molecule is CC(C)N(Cc1ccc(Cl)c(Cl)c1)C(=O)C(N)CC(N)=O. The van der Waals surface area contributed by atoms with Crippen LogP contribution in [0, 0.1) is 0 Å². The van der Waals surface area contributed by atoms with Crippen LogP contribution in [0.5, 0.6) is 0 Å². The van der Waals surface area contributed by atoms with Crippen molar-refractivity contribution in [3.05, 3.63) is 33.8 Å². The first-order valence-corrected chi connectivity index (χ1v) is 7.26. The van der Waals surface area contributed by atoms with E-state index in [2.05, 4.69) is 0 Å². The summed E-state index contributed by atoms with van der Waals surface area (Å²) in [6, 6.07) is 4.15. The van der Waals surface area contributed by atoms with Crippen LogP contribution in [-0.2, 0) is 16.1 Å². The smallest absolute Gasteiger partial charge is 0.240 e. The minimum absolute atomic E-state index is 0.0779. The molecule has 0 saturated carbocycles. The predicted molar refractivity (Wildman–Crippen MR) is 83.9 cm³/mol. The second kappa shape index (κ2) is 7.64. The molecule has 0 aromatic heterocycles. The zero-order valence-electron chi connectivity index (χ0n) is 12.0. The zero-order chi connectivity index (χ0) is 16.2. The molecule has 1 aromatic rings. The molecule has 21 heavy (non-hydrogen) atoms. The van der Waals surface area contributed by atoms with Gasteiger partial charge in [-0.05, 0) is 31.5 Å². The minimum atomic E-state index is -0.937. The number of nitrogens with two attached hydrogens (primary N) is 2. The van der Waals surface area contributed by atoms with Crippen LogP contribution < -0.4 is 11.5 Å². The van der Waals surface area contributed by atoms with Crippen molar-refractivity contribution >= 4 is 35.0 Å². The van der Waals surface area contributed by atoms with Crippen LogP contribution >= 0.6 is 23.2 Å². The Morgan fingerprint density at radius 1 is 1.24 bits per heavy atom. The van der Waals surface area contributed by atoms with Crippen molar-refractivity contribution < 1.29 is 9.59 Å². The molecule has 1 unspecified atom stereocenters. The first kappa shape index (κ1) is 17.8. The summed E-state index contributed by atoms with van der Waals surface area (Å²) >= 11 is 11.8. The number of rotatable bonds is 6.